The van der Waals surface area contributed by atoms with Crippen LogP contribution in [0.3, 0.4) is 0 Å². The van der Waals surface area contributed by atoms with E-state index in [4.69, 9.17) is 9.15 Å². The summed E-state index contributed by atoms with van der Waals surface area (Å²) < 4.78 is 34.8. The first kappa shape index (κ1) is 20.4. The summed E-state index contributed by atoms with van der Waals surface area (Å²) in [6, 6.07) is 12.4. The van der Waals surface area contributed by atoms with Crippen LogP contribution in [0.4, 0.5) is 0 Å². The van der Waals surface area contributed by atoms with Crippen LogP contribution in [0, 0.1) is 0 Å². The molecule has 0 atom stereocenters. The van der Waals surface area contributed by atoms with Crippen molar-refractivity contribution in [3.8, 4) is 17.1 Å². The van der Waals surface area contributed by atoms with Gasteiger partial charge in [0.25, 0.3) is 0 Å². The lowest BCUT2D eigenvalue weighted by Crippen LogP contribution is -2.39. The van der Waals surface area contributed by atoms with Crippen LogP contribution >= 0.6 is 0 Å². The zero-order valence-corrected chi connectivity index (χ0v) is 17.4. The Balaban J connectivity index is 1.85. The van der Waals surface area contributed by atoms with Gasteiger partial charge in [0.15, 0.2) is 9.84 Å². The second kappa shape index (κ2) is 8.12. The fourth-order valence-corrected chi connectivity index (χ4v) is 5.01. The fourth-order valence-electron chi connectivity index (χ4n) is 3.73. The van der Waals surface area contributed by atoms with Gasteiger partial charge in [-0.1, -0.05) is 30.3 Å². The normalized spacial score (nSPS) is 16.6. The summed E-state index contributed by atoms with van der Waals surface area (Å²) in [6.07, 6.45) is 0. The second-order valence-corrected chi connectivity index (χ2v) is 9.56. The summed E-state index contributed by atoms with van der Waals surface area (Å²) in [5.41, 5.74) is 2.00. The maximum absolute atomic E-state index is 12.9. The highest BCUT2D eigenvalue weighted by Gasteiger charge is 2.29. The quantitative estimate of drug-likeness (QED) is 0.622. The number of fused-ring (bicyclic) bond motifs is 1. The van der Waals surface area contributed by atoms with Crippen molar-refractivity contribution in [2.75, 3.05) is 31.2 Å². The average molecular weight is 429 g/mol. The molecule has 8 heteroatoms. The van der Waals surface area contributed by atoms with Crippen LogP contribution < -0.4 is 0 Å². The van der Waals surface area contributed by atoms with Crippen LogP contribution in [0.25, 0.3) is 22.3 Å². The average Bonchev–Trinajstić information content (AvgIpc) is 3.12. The number of rotatable bonds is 5. The van der Waals surface area contributed by atoms with Crippen molar-refractivity contribution in [2.24, 2.45) is 0 Å². The summed E-state index contributed by atoms with van der Waals surface area (Å²) in [5.74, 6) is 0.0479. The molecule has 2 aromatic carbocycles. The minimum atomic E-state index is -3.02. The van der Waals surface area contributed by atoms with E-state index in [1.807, 2.05) is 35.2 Å². The minimum absolute atomic E-state index is 0.0295. The van der Waals surface area contributed by atoms with Gasteiger partial charge < -0.3 is 14.3 Å². The first-order valence-corrected chi connectivity index (χ1v) is 11.6. The van der Waals surface area contributed by atoms with Crippen LogP contribution in [0.2, 0.25) is 0 Å². The van der Waals surface area contributed by atoms with E-state index in [-0.39, 0.29) is 29.4 Å². The highest BCUT2D eigenvalue weighted by Crippen LogP contribution is 2.39. The van der Waals surface area contributed by atoms with E-state index in [9.17, 15) is 18.3 Å². The lowest BCUT2D eigenvalue weighted by atomic mass is 10.0. The molecule has 158 valence electrons. The van der Waals surface area contributed by atoms with Crippen molar-refractivity contribution >= 4 is 26.8 Å². The van der Waals surface area contributed by atoms with Gasteiger partial charge in [0.1, 0.15) is 22.7 Å². The lowest BCUT2D eigenvalue weighted by molar-refractivity contribution is 0.0528. The first-order valence-electron chi connectivity index (χ1n) is 9.82. The van der Waals surface area contributed by atoms with Gasteiger partial charge in [0, 0.05) is 36.1 Å². The van der Waals surface area contributed by atoms with Gasteiger partial charge in [-0.2, -0.15) is 0 Å². The van der Waals surface area contributed by atoms with E-state index in [2.05, 4.69) is 0 Å². The van der Waals surface area contributed by atoms with Crippen molar-refractivity contribution in [1.82, 2.24) is 4.90 Å². The fraction of sp³-hybridized carbons (Fsp3) is 0.318. The maximum atomic E-state index is 12.9. The number of carbonyl (C=O) groups is 1. The molecule has 0 unspecified atom stereocenters. The van der Waals surface area contributed by atoms with Crippen LogP contribution in [0.1, 0.15) is 22.8 Å². The summed E-state index contributed by atoms with van der Waals surface area (Å²) in [7, 11) is -3.02. The summed E-state index contributed by atoms with van der Waals surface area (Å²) in [4.78, 5) is 14.9. The molecule has 1 aromatic heterocycles. The number of esters is 1. The molecule has 7 nitrogen and oxygen atoms in total. The van der Waals surface area contributed by atoms with Gasteiger partial charge >= 0.3 is 5.97 Å². The summed E-state index contributed by atoms with van der Waals surface area (Å²) >= 11 is 0. The number of ether oxygens (including phenoxy) is 1. The Bertz CT molecular complexity index is 1170. The largest absolute Gasteiger partial charge is 0.508 e. The number of nitrogens with zero attached hydrogens (tertiary/aromatic N) is 1. The van der Waals surface area contributed by atoms with Crippen LogP contribution in [0.15, 0.2) is 46.9 Å². The monoisotopic (exact) mass is 429 g/mol. The molecule has 3 aromatic rings. The van der Waals surface area contributed by atoms with E-state index in [0.29, 0.717) is 41.9 Å². The third-order valence-electron chi connectivity index (χ3n) is 5.27. The molecule has 1 aliphatic heterocycles. The molecular formula is C22H23NO6S. The van der Waals surface area contributed by atoms with Gasteiger partial charge in [-0.05, 0) is 19.1 Å². The summed E-state index contributed by atoms with van der Waals surface area (Å²) in [5, 5.41) is 11.1. The number of aromatic hydroxyl groups is 1. The summed E-state index contributed by atoms with van der Waals surface area (Å²) in [6.45, 7) is 2.98. The van der Waals surface area contributed by atoms with Crippen molar-refractivity contribution in [1.29, 1.82) is 0 Å². The zero-order valence-electron chi connectivity index (χ0n) is 16.6. The van der Waals surface area contributed by atoms with Gasteiger partial charge in [0.05, 0.1) is 18.1 Å². The molecule has 0 saturated carbocycles. The molecular weight excluding hydrogens is 406 g/mol. The zero-order chi connectivity index (χ0) is 21.3. The van der Waals surface area contributed by atoms with Crippen LogP contribution in [-0.2, 0) is 21.1 Å². The van der Waals surface area contributed by atoms with Crippen molar-refractivity contribution in [3.05, 3.63) is 53.6 Å². The number of phenols is 1. The Morgan fingerprint density at radius 3 is 2.50 bits per heavy atom. The number of hydrogen-bond acceptors (Lipinski definition) is 7. The molecule has 1 fully saturated rings. The molecule has 2 heterocycles. The number of phenolic OH excluding ortho intramolecular Hbond substituents is 1. The Morgan fingerprint density at radius 2 is 1.83 bits per heavy atom. The molecule has 0 bridgehead atoms. The Hall–Kier alpha value is -2.84. The first-order chi connectivity index (χ1) is 14.4. The van der Waals surface area contributed by atoms with Crippen molar-refractivity contribution < 1.29 is 27.5 Å². The molecule has 1 N–H and O–H groups in total. The Labute approximate surface area is 174 Å². The second-order valence-electron chi connectivity index (χ2n) is 7.26. The SMILES string of the molecule is CCOC(=O)c1c(-c2ccccc2)oc2ccc(O)c(CN3CCS(=O)(=O)CC3)c12. The van der Waals surface area contributed by atoms with Crippen molar-refractivity contribution in [3.63, 3.8) is 0 Å². The van der Waals surface area contributed by atoms with E-state index in [1.165, 1.54) is 6.07 Å². The van der Waals surface area contributed by atoms with Gasteiger partial charge in [-0.3, -0.25) is 4.90 Å². The van der Waals surface area contributed by atoms with E-state index in [1.54, 1.807) is 13.0 Å². The van der Waals surface area contributed by atoms with E-state index < -0.39 is 15.8 Å². The smallest absolute Gasteiger partial charge is 0.342 e. The topological polar surface area (TPSA) is 97.1 Å². The molecule has 4 rings (SSSR count). The van der Waals surface area contributed by atoms with E-state index in [0.717, 1.165) is 5.56 Å². The standard InChI is InChI=1S/C22H23NO6S/c1-2-28-22(25)20-19-16(14-23-10-12-30(26,27)13-11-23)17(24)8-9-18(19)29-21(20)15-6-4-3-5-7-15/h3-9,24H,2,10-14H2,1H3. The van der Waals surface area contributed by atoms with Crippen molar-refractivity contribution in [2.45, 2.75) is 13.5 Å². The minimum Gasteiger partial charge on any atom is -0.508 e. The molecule has 1 saturated heterocycles. The third-order valence-corrected chi connectivity index (χ3v) is 6.88. The number of furan rings is 1. The van der Waals surface area contributed by atoms with Gasteiger partial charge in [-0.15, -0.1) is 0 Å². The molecule has 0 radical (unpaired) electrons. The predicted octanol–water partition coefficient (Wildman–Crippen LogP) is 3.21. The number of hydrogen-bond donors (Lipinski definition) is 1. The van der Waals surface area contributed by atoms with Gasteiger partial charge in [0.2, 0.25) is 0 Å². The molecule has 0 amide bonds. The molecule has 30 heavy (non-hydrogen) atoms. The number of carbonyl (C=O) groups excluding carboxylic acids is 1. The Morgan fingerprint density at radius 1 is 1.13 bits per heavy atom. The number of benzene rings is 2. The Kier molecular flexibility index (Phi) is 5.53. The van der Waals surface area contributed by atoms with E-state index >= 15 is 0 Å². The van der Waals surface area contributed by atoms with Crippen LogP contribution in [-0.4, -0.2) is 55.6 Å². The molecule has 0 aliphatic carbocycles. The number of sulfone groups is 1. The predicted molar refractivity (Wildman–Crippen MR) is 113 cm³/mol. The lowest BCUT2D eigenvalue weighted by Gasteiger charge is -2.27. The van der Waals surface area contributed by atoms with Gasteiger partial charge in [-0.25, -0.2) is 13.2 Å². The van der Waals surface area contributed by atoms with Crippen LogP contribution in [0.5, 0.6) is 5.75 Å². The highest BCUT2D eigenvalue weighted by atomic mass is 32.2. The highest BCUT2D eigenvalue weighted by molar-refractivity contribution is 7.91. The third kappa shape index (κ3) is 3.93. The molecule has 0 spiro atoms. The maximum Gasteiger partial charge on any atom is 0.342 e. The molecule has 1 aliphatic rings.